The third kappa shape index (κ3) is 1.81. The van der Waals surface area contributed by atoms with E-state index in [4.69, 9.17) is 0 Å². The van der Waals surface area contributed by atoms with Crippen molar-refractivity contribution < 1.29 is 5.11 Å². The topological polar surface area (TPSA) is 76.7 Å². The summed E-state index contributed by atoms with van der Waals surface area (Å²) in [5.74, 6) is 0.650. The Kier molecular flexibility index (Phi) is 2.63. The zero-order valence-corrected chi connectivity index (χ0v) is 10.7. The van der Waals surface area contributed by atoms with Crippen LogP contribution in [0, 0.1) is 0 Å². The lowest BCUT2D eigenvalue weighted by molar-refractivity contribution is 0.482. The fourth-order valence-electron chi connectivity index (χ4n) is 2.07. The number of rotatable bonds is 2. The molecule has 0 unspecified atom stereocenters. The molecule has 0 aliphatic carbocycles. The molecular formula is C13H13N5O. The van der Waals surface area contributed by atoms with E-state index in [1.165, 1.54) is 10.2 Å². The first-order valence-corrected chi connectivity index (χ1v) is 6.04. The second-order valence-electron chi connectivity index (χ2n) is 4.35. The van der Waals surface area contributed by atoms with Crippen molar-refractivity contribution in [1.82, 2.24) is 25.2 Å². The molecular weight excluding hydrogens is 242 g/mol. The highest BCUT2D eigenvalue weighted by molar-refractivity contribution is 5.90. The molecule has 0 aliphatic rings. The molecule has 3 rings (SSSR count). The van der Waals surface area contributed by atoms with Crippen LogP contribution < -0.4 is 0 Å². The Morgan fingerprint density at radius 1 is 1.32 bits per heavy atom. The maximum atomic E-state index is 10.4. The summed E-state index contributed by atoms with van der Waals surface area (Å²) in [6.45, 7) is 2.08. The molecule has 2 aromatic heterocycles. The zero-order valence-electron chi connectivity index (χ0n) is 10.7. The van der Waals surface area contributed by atoms with E-state index in [1.807, 2.05) is 18.2 Å². The highest BCUT2D eigenvalue weighted by Crippen LogP contribution is 2.33. The van der Waals surface area contributed by atoms with Crippen molar-refractivity contribution in [3.63, 3.8) is 0 Å². The van der Waals surface area contributed by atoms with Crippen LogP contribution in [-0.2, 0) is 13.5 Å². The van der Waals surface area contributed by atoms with Gasteiger partial charge in [0.1, 0.15) is 5.75 Å². The third-order valence-corrected chi connectivity index (χ3v) is 3.17. The van der Waals surface area contributed by atoms with Crippen LogP contribution in [0.4, 0.5) is 0 Å². The number of hydrogen-bond acceptors (Lipinski definition) is 5. The Labute approximate surface area is 109 Å². The summed E-state index contributed by atoms with van der Waals surface area (Å²) >= 11 is 0. The summed E-state index contributed by atoms with van der Waals surface area (Å²) in [6.07, 6.45) is 2.54. The summed E-state index contributed by atoms with van der Waals surface area (Å²) in [6, 6.07) is 5.85. The van der Waals surface area contributed by atoms with Gasteiger partial charge in [-0.1, -0.05) is 13.0 Å². The average Bonchev–Trinajstić information content (AvgIpc) is 2.85. The monoisotopic (exact) mass is 255 g/mol. The standard InChI is InChI=1S/C13H13N5O/c1-3-8-4-5-9-11(6-8)14-7-10(12(9)19)13-15-16-17-18(13)2/h4-7H,3H2,1-2H3,(H,14,19). The highest BCUT2D eigenvalue weighted by Gasteiger charge is 2.14. The van der Waals surface area contributed by atoms with Gasteiger partial charge >= 0.3 is 0 Å². The maximum absolute atomic E-state index is 10.4. The van der Waals surface area contributed by atoms with Gasteiger partial charge < -0.3 is 5.11 Å². The maximum Gasteiger partial charge on any atom is 0.187 e. The predicted octanol–water partition coefficient (Wildman–Crippen LogP) is 1.69. The molecule has 6 heteroatoms. The zero-order chi connectivity index (χ0) is 13.4. The van der Waals surface area contributed by atoms with E-state index >= 15 is 0 Å². The van der Waals surface area contributed by atoms with Crippen molar-refractivity contribution in [2.24, 2.45) is 7.05 Å². The van der Waals surface area contributed by atoms with Gasteiger partial charge in [0.25, 0.3) is 0 Å². The summed E-state index contributed by atoms with van der Waals surface area (Å²) in [5.41, 5.74) is 2.49. The van der Waals surface area contributed by atoms with Gasteiger partial charge in [-0.3, -0.25) is 4.98 Å². The first-order chi connectivity index (χ1) is 9.20. The summed E-state index contributed by atoms with van der Waals surface area (Å²) in [4.78, 5) is 4.38. The second kappa shape index (κ2) is 4.31. The number of nitrogens with zero attached hydrogens (tertiary/aromatic N) is 5. The summed E-state index contributed by atoms with van der Waals surface area (Å²) in [7, 11) is 1.72. The average molecular weight is 255 g/mol. The molecule has 0 fully saturated rings. The van der Waals surface area contributed by atoms with Gasteiger partial charge in [0.15, 0.2) is 5.82 Å². The van der Waals surface area contributed by atoms with Crippen molar-refractivity contribution >= 4 is 10.9 Å². The third-order valence-electron chi connectivity index (χ3n) is 3.17. The molecule has 6 nitrogen and oxygen atoms in total. The van der Waals surface area contributed by atoms with Crippen LogP contribution in [0.1, 0.15) is 12.5 Å². The normalized spacial score (nSPS) is 11.1. The largest absolute Gasteiger partial charge is 0.506 e. The quantitative estimate of drug-likeness (QED) is 0.754. The number of benzene rings is 1. The van der Waals surface area contributed by atoms with Gasteiger partial charge in [0, 0.05) is 18.6 Å². The van der Waals surface area contributed by atoms with E-state index < -0.39 is 0 Å². The van der Waals surface area contributed by atoms with Gasteiger partial charge in [-0.2, -0.15) is 0 Å². The molecule has 19 heavy (non-hydrogen) atoms. The van der Waals surface area contributed by atoms with E-state index in [-0.39, 0.29) is 5.75 Å². The lowest BCUT2D eigenvalue weighted by atomic mass is 10.1. The van der Waals surface area contributed by atoms with Crippen molar-refractivity contribution in [2.75, 3.05) is 0 Å². The van der Waals surface area contributed by atoms with E-state index in [0.717, 1.165) is 11.9 Å². The van der Waals surface area contributed by atoms with Gasteiger partial charge in [-0.25, -0.2) is 4.68 Å². The Morgan fingerprint density at radius 3 is 2.84 bits per heavy atom. The van der Waals surface area contributed by atoms with Crippen LogP contribution >= 0.6 is 0 Å². The molecule has 0 atom stereocenters. The molecule has 0 spiro atoms. The van der Waals surface area contributed by atoms with Crippen molar-refractivity contribution in [2.45, 2.75) is 13.3 Å². The number of fused-ring (bicyclic) bond motifs is 1. The predicted molar refractivity (Wildman–Crippen MR) is 70.6 cm³/mol. The molecule has 2 heterocycles. The molecule has 0 saturated carbocycles. The van der Waals surface area contributed by atoms with Gasteiger partial charge in [-0.05, 0) is 34.5 Å². The molecule has 0 amide bonds. The molecule has 0 radical (unpaired) electrons. The number of aryl methyl sites for hydroxylation is 2. The Morgan fingerprint density at radius 2 is 2.16 bits per heavy atom. The fourth-order valence-corrected chi connectivity index (χ4v) is 2.07. The van der Waals surface area contributed by atoms with E-state index in [2.05, 4.69) is 27.4 Å². The van der Waals surface area contributed by atoms with Gasteiger partial charge in [0.05, 0.1) is 11.1 Å². The number of tetrazole rings is 1. The molecule has 0 aliphatic heterocycles. The lowest BCUT2D eigenvalue weighted by Gasteiger charge is -2.07. The molecule has 1 N–H and O–H groups in total. The van der Waals surface area contributed by atoms with Crippen LogP contribution in [-0.4, -0.2) is 30.3 Å². The number of aromatic nitrogens is 5. The number of pyridine rings is 1. The SMILES string of the molecule is CCc1ccc2c(O)c(-c3nnnn3C)cnc2c1. The fraction of sp³-hybridized carbons (Fsp3) is 0.231. The van der Waals surface area contributed by atoms with Gasteiger partial charge in [-0.15, -0.1) is 5.10 Å². The van der Waals surface area contributed by atoms with Crippen molar-refractivity contribution in [3.05, 3.63) is 30.0 Å². The Balaban J connectivity index is 2.24. The van der Waals surface area contributed by atoms with E-state index in [1.54, 1.807) is 13.2 Å². The molecule has 3 aromatic rings. The summed E-state index contributed by atoms with van der Waals surface area (Å²) < 4.78 is 1.50. The smallest absolute Gasteiger partial charge is 0.187 e. The number of aromatic hydroxyl groups is 1. The molecule has 0 saturated heterocycles. The summed E-state index contributed by atoms with van der Waals surface area (Å²) in [5, 5.41) is 22.3. The van der Waals surface area contributed by atoms with Crippen LogP contribution in [0.25, 0.3) is 22.3 Å². The molecule has 96 valence electrons. The first-order valence-electron chi connectivity index (χ1n) is 6.04. The highest BCUT2D eigenvalue weighted by atomic mass is 16.3. The minimum absolute atomic E-state index is 0.158. The molecule has 1 aromatic carbocycles. The minimum Gasteiger partial charge on any atom is -0.506 e. The Bertz CT molecular complexity index is 750. The first kappa shape index (κ1) is 11.6. The van der Waals surface area contributed by atoms with Crippen molar-refractivity contribution in [1.29, 1.82) is 0 Å². The Hall–Kier alpha value is -2.50. The van der Waals surface area contributed by atoms with Crippen LogP contribution in [0.2, 0.25) is 0 Å². The second-order valence-corrected chi connectivity index (χ2v) is 4.35. The van der Waals surface area contributed by atoms with Crippen LogP contribution in [0.5, 0.6) is 5.75 Å². The van der Waals surface area contributed by atoms with Crippen molar-refractivity contribution in [3.8, 4) is 17.1 Å². The van der Waals surface area contributed by atoms with Gasteiger partial charge in [0.2, 0.25) is 0 Å². The van der Waals surface area contributed by atoms with E-state index in [0.29, 0.717) is 16.8 Å². The van der Waals surface area contributed by atoms with Crippen LogP contribution in [0.3, 0.4) is 0 Å². The van der Waals surface area contributed by atoms with Crippen LogP contribution in [0.15, 0.2) is 24.4 Å². The number of hydrogen-bond donors (Lipinski definition) is 1. The minimum atomic E-state index is 0.158. The molecule has 0 bridgehead atoms. The van der Waals surface area contributed by atoms with E-state index in [9.17, 15) is 5.11 Å². The lowest BCUT2D eigenvalue weighted by Crippen LogP contribution is -1.96.